The first-order chi connectivity index (χ1) is 10.2. The van der Waals surface area contributed by atoms with Gasteiger partial charge in [0.1, 0.15) is 0 Å². The molecule has 1 N–H and O–H groups in total. The van der Waals surface area contributed by atoms with Gasteiger partial charge in [0, 0.05) is 31.7 Å². The molecule has 3 nitrogen and oxygen atoms in total. The summed E-state index contributed by atoms with van der Waals surface area (Å²) in [5.74, 6) is 0. The predicted molar refractivity (Wildman–Crippen MR) is 79.3 cm³/mol. The number of aliphatic hydroxyl groups excluding tert-OH is 1. The number of hydrogen-bond acceptors (Lipinski definition) is 3. The van der Waals surface area contributed by atoms with Crippen LogP contribution in [0.5, 0.6) is 0 Å². The summed E-state index contributed by atoms with van der Waals surface area (Å²) in [5, 5.41) is 9.05. The van der Waals surface area contributed by atoms with E-state index < -0.39 is 12.7 Å². The van der Waals surface area contributed by atoms with Crippen molar-refractivity contribution in [2.75, 3.05) is 26.2 Å². The van der Waals surface area contributed by atoms with E-state index in [2.05, 4.69) is 4.90 Å². The molecule has 6 heteroatoms. The molecular weight excluding hydrogens is 293 g/mol. The van der Waals surface area contributed by atoms with Gasteiger partial charge in [0.05, 0.1) is 13.2 Å². The van der Waals surface area contributed by atoms with E-state index in [1.807, 2.05) is 38.1 Å². The molecule has 1 aliphatic rings. The average molecular weight is 316 g/mol. The van der Waals surface area contributed by atoms with Gasteiger partial charge in [-0.15, -0.1) is 0 Å². The fourth-order valence-corrected chi connectivity index (χ4v) is 2.94. The quantitative estimate of drug-likeness (QED) is 0.925. The Morgan fingerprint density at radius 1 is 1.09 bits per heavy atom. The molecule has 1 aliphatic heterocycles. The molecule has 0 aliphatic carbocycles. The molecule has 0 aromatic heterocycles. The summed E-state index contributed by atoms with van der Waals surface area (Å²) in [7, 11) is 0. The third kappa shape index (κ3) is 4.69. The number of halogens is 3. The number of hydrogen-bond donors (Lipinski definition) is 1. The fourth-order valence-electron chi connectivity index (χ4n) is 2.94. The van der Waals surface area contributed by atoms with Gasteiger partial charge in [-0.2, -0.15) is 13.2 Å². The molecule has 0 amide bonds. The first-order valence-electron chi connectivity index (χ1n) is 7.42. The van der Waals surface area contributed by atoms with Crippen LogP contribution in [0.15, 0.2) is 24.3 Å². The molecule has 0 spiro atoms. The predicted octanol–water partition coefficient (Wildman–Crippen LogP) is 2.64. The normalized spacial score (nSPS) is 20.3. The number of alkyl halides is 3. The highest BCUT2D eigenvalue weighted by atomic mass is 19.4. The van der Waals surface area contributed by atoms with Crippen LogP contribution in [0.1, 0.15) is 25.0 Å². The number of piperazine rings is 1. The zero-order chi connectivity index (χ0) is 16.4. The topological polar surface area (TPSA) is 26.7 Å². The van der Waals surface area contributed by atoms with Gasteiger partial charge in [-0.25, -0.2) is 0 Å². The summed E-state index contributed by atoms with van der Waals surface area (Å²) in [6.45, 7) is 5.30. The van der Waals surface area contributed by atoms with Crippen molar-refractivity contribution in [2.24, 2.45) is 0 Å². The standard InChI is InChI=1S/C16H23F3N2O/c1-15(2)11-20(12-16(17,18)19)7-8-21(15)9-13-3-5-14(10-22)6-4-13/h3-6,22H,7-12H2,1-2H3. The van der Waals surface area contributed by atoms with Gasteiger partial charge in [0.2, 0.25) is 0 Å². The van der Waals surface area contributed by atoms with E-state index in [9.17, 15) is 13.2 Å². The maximum Gasteiger partial charge on any atom is 0.401 e. The van der Waals surface area contributed by atoms with Gasteiger partial charge >= 0.3 is 6.18 Å². The highest BCUT2D eigenvalue weighted by Crippen LogP contribution is 2.26. The molecule has 1 aromatic rings. The molecule has 2 rings (SSSR count). The van der Waals surface area contributed by atoms with Gasteiger partial charge in [0.15, 0.2) is 0 Å². The Hall–Kier alpha value is -1.11. The smallest absolute Gasteiger partial charge is 0.392 e. The Morgan fingerprint density at radius 2 is 1.68 bits per heavy atom. The van der Waals surface area contributed by atoms with E-state index in [-0.39, 0.29) is 12.1 Å². The van der Waals surface area contributed by atoms with Gasteiger partial charge in [0.25, 0.3) is 0 Å². The van der Waals surface area contributed by atoms with Crippen LogP contribution in [-0.2, 0) is 13.2 Å². The van der Waals surface area contributed by atoms with Crippen molar-refractivity contribution in [3.05, 3.63) is 35.4 Å². The SMILES string of the molecule is CC1(C)CN(CC(F)(F)F)CCN1Cc1ccc(CO)cc1. The molecule has 0 unspecified atom stereocenters. The first kappa shape index (κ1) is 17.2. The van der Waals surface area contributed by atoms with Crippen LogP contribution in [0, 0.1) is 0 Å². The minimum absolute atomic E-state index is 0.0158. The number of rotatable bonds is 4. The minimum Gasteiger partial charge on any atom is -0.392 e. The summed E-state index contributed by atoms with van der Waals surface area (Å²) in [6.07, 6.45) is -4.14. The summed E-state index contributed by atoms with van der Waals surface area (Å²) < 4.78 is 37.6. The lowest BCUT2D eigenvalue weighted by molar-refractivity contribution is -0.155. The molecular formula is C16H23F3N2O. The molecule has 1 fully saturated rings. The van der Waals surface area contributed by atoms with Gasteiger partial charge < -0.3 is 5.11 Å². The van der Waals surface area contributed by atoms with Gasteiger partial charge in [-0.3, -0.25) is 9.80 Å². The second-order valence-corrected chi connectivity index (χ2v) is 6.53. The van der Waals surface area contributed by atoms with Crippen molar-refractivity contribution in [2.45, 2.75) is 38.7 Å². The summed E-state index contributed by atoms with van der Waals surface area (Å²) in [6, 6.07) is 7.68. The van der Waals surface area contributed by atoms with E-state index in [0.29, 0.717) is 26.2 Å². The molecule has 0 radical (unpaired) electrons. The van der Waals surface area contributed by atoms with Crippen molar-refractivity contribution < 1.29 is 18.3 Å². The highest BCUT2D eigenvalue weighted by Gasteiger charge is 2.38. The van der Waals surface area contributed by atoms with Crippen LogP contribution in [0.2, 0.25) is 0 Å². The second kappa shape index (κ2) is 6.56. The monoisotopic (exact) mass is 316 g/mol. The van der Waals surface area contributed by atoms with Crippen LogP contribution < -0.4 is 0 Å². The van der Waals surface area contributed by atoms with Crippen LogP contribution in [-0.4, -0.2) is 52.8 Å². The Morgan fingerprint density at radius 3 is 2.18 bits per heavy atom. The van der Waals surface area contributed by atoms with Crippen molar-refractivity contribution in [1.29, 1.82) is 0 Å². The molecule has 0 saturated carbocycles. The number of nitrogens with zero attached hydrogens (tertiary/aromatic N) is 2. The van der Waals surface area contributed by atoms with Crippen molar-refractivity contribution in [3.63, 3.8) is 0 Å². The first-order valence-corrected chi connectivity index (χ1v) is 7.42. The largest absolute Gasteiger partial charge is 0.401 e. The number of aliphatic hydroxyl groups is 1. The lowest BCUT2D eigenvalue weighted by Gasteiger charge is -2.47. The Kier molecular flexibility index (Phi) is 5.14. The summed E-state index contributed by atoms with van der Waals surface area (Å²) in [5.41, 5.74) is 1.66. The minimum atomic E-state index is -4.14. The second-order valence-electron chi connectivity index (χ2n) is 6.53. The Bertz CT molecular complexity index is 485. The van der Waals surface area contributed by atoms with E-state index in [4.69, 9.17) is 5.11 Å². The third-order valence-electron chi connectivity index (χ3n) is 4.13. The molecule has 0 bridgehead atoms. The van der Waals surface area contributed by atoms with Crippen LogP contribution in [0.4, 0.5) is 13.2 Å². The summed E-state index contributed by atoms with van der Waals surface area (Å²) in [4.78, 5) is 3.69. The average Bonchev–Trinajstić information content (AvgIpc) is 2.40. The molecule has 0 atom stereocenters. The van der Waals surface area contributed by atoms with Crippen LogP contribution in [0.25, 0.3) is 0 Å². The van der Waals surface area contributed by atoms with Crippen molar-refractivity contribution >= 4 is 0 Å². The van der Waals surface area contributed by atoms with Gasteiger partial charge in [-0.05, 0) is 25.0 Å². The maximum atomic E-state index is 12.5. The molecule has 1 saturated heterocycles. The fraction of sp³-hybridized carbons (Fsp3) is 0.625. The third-order valence-corrected chi connectivity index (χ3v) is 4.13. The Labute approximate surface area is 129 Å². The van der Waals surface area contributed by atoms with Gasteiger partial charge in [-0.1, -0.05) is 24.3 Å². The van der Waals surface area contributed by atoms with Crippen LogP contribution in [0.3, 0.4) is 0 Å². The lowest BCUT2D eigenvalue weighted by atomic mass is 9.97. The lowest BCUT2D eigenvalue weighted by Crippen LogP contribution is -2.59. The maximum absolute atomic E-state index is 12.5. The zero-order valence-electron chi connectivity index (χ0n) is 13.0. The molecule has 22 heavy (non-hydrogen) atoms. The number of benzene rings is 1. The molecule has 1 aromatic carbocycles. The zero-order valence-corrected chi connectivity index (χ0v) is 13.0. The van der Waals surface area contributed by atoms with Crippen LogP contribution >= 0.6 is 0 Å². The van der Waals surface area contributed by atoms with E-state index in [1.54, 1.807) is 0 Å². The van der Waals surface area contributed by atoms with Crippen molar-refractivity contribution in [1.82, 2.24) is 9.80 Å². The molecule has 124 valence electrons. The Balaban J connectivity index is 1.98. The molecule has 1 heterocycles. The summed E-state index contributed by atoms with van der Waals surface area (Å²) >= 11 is 0. The van der Waals surface area contributed by atoms with E-state index in [1.165, 1.54) is 4.90 Å². The van der Waals surface area contributed by atoms with E-state index in [0.717, 1.165) is 11.1 Å². The highest BCUT2D eigenvalue weighted by molar-refractivity contribution is 5.22. The van der Waals surface area contributed by atoms with Crippen molar-refractivity contribution in [3.8, 4) is 0 Å². The van der Waals surface area contributed by atoms with E-state index >= 15 is 0 Å².